The van der Waals surface area contributed by atoms with E-state index < -0.39 is 0 Å². The molecule has 138 valence electrons. The van der Waals surface area contributed by atoms with Gasteiger partial charge in [-0.2, -0.15) is 0 Å². The van der Waals surface area contributed by atoms with Gasteiger partial charge in [0.15, 0.2) is 5.16 Å². The molecule has 1 aromatic rings. The normalized spacial score (nSPS) is 20.9. The topological polar surface area (TPSA) is 87.3 Å². The van der Waals surface area contributed by atoms with Crippen LogP contribution in [-0.4, -0.2) is 65.4 Å². The molecule has 2 N–H and O–H groups in total. The average Bonchev–Trinajstić information content (AvgIpc) is 3.32. The Labute approximate surface area is 151 Å². The summed E-state index contributed by atoms with van der Waals surface area (Å²) in [5, 5.41) is 3.27. The molecule has 2 aliphatic rings. The highest BCUT2D eigenvalue weighted by atomic mass is 32.2. The standard InChI is InChI=1S/C17H26N4O3S/c1-12-9-14(22)20-16(19-12)25-13(2)15(23)18-10-17(3-4-17)11-21-5-7-24-8-6-21/h9,13H,3-8,10-11H2,1-2H3,(H,18,23)(H,19,20,22)/t13-/m1/s1. The Kier molecular flexibility index (Phi) is 5.81. The van der Waals surface area contributed by atoms with E-state index in [2.05, 4.69) is 20.2 Å². The van der Waals surface area contributed by atoms with Gasteiger partial charge < -0.3 is 15.0 Å². The van der Waals surface area contributed by atoms with Gasteiger partial charge >= 0.3 is 0 Å². The fourth-order valence-electron chi connectivity index (χ4n) is 3.05. The Bertz CT molecular complexity index is 668. The summed E-state index contributed by atoms with van der Waals surface area (Å²) < 4.78 is 5.39. The number of ether oxygens (including phenoxy) is 1. The third-order valence-corrected chi connectivity index (χ3v) is 5.75. The van der Waals surface area contributed by atoms with Crippen LogP contribution in [0.2, 0.25) is 0 Å². The Morgan fingerprint density at radius 1 is 1.48 bits per heavy atom. The molecule has 3 rings (SSSR count). The van der Waals surface area contributed by atoms with Crippen LogP contribution in [0.25, 0.3) is 0 Å². The van der Waals surface area contributed by atoms with Crippen LogP contribution in [0.15, 0.2) is 16.0 Å². The van der Waals surface area contributed by atoms with Crippen molar-refractivity contribution in [3.8, 4) is 0 Å². The number of carbonyl (C=O) groups is 1. The molecule has 1 aromatic heterocycles. The minimum absolute atomic E-state index is 0.0117. The van der Waals surface area contributed by atoms with Gasteiger partial charge in [0.05, 0.1) is 18.5 Å². The second-order valence-electron chi connectivity index (χ2n) is 7.06. The summed E-state index contributed by atoms with van der Waals surface area (Å²) in [5.41, 5.74) is 0.694. The molecule has 25 heavy (non-hydrogen) atoms. The third kappa shape index (κ3) is 5.29. The molecular formula is C17H26N4O3S. The lowest BCUT2D eigenvalue weighted by molar-refractivity contribution is -0.120. The van der Waals surface area contributed by atoms with Crippen LogP contribution in [0.5, 0.6) is 0 Å². The molecule has 1 aliphatic carbocycles. The Morgan fingerprint density at radius 2 is 2.20 bits per heavy atom. The predicted octanol–water partition coefficient (Wildman–Crippen LogP) is 0.788. The minimum atomic E-state index is -0.302. The number of carbonyl (C=O) groups excluding carboxylic acids is 1. The summed E-state index contributed by atoms with van der Waals surface area (Å²) in [6.07, 6.45) is 2.33. The summed E-state index contributed by atoms with van der Waals surface area (Å²) >= 11 is 1.28. The second-order valence-corrected chi connectivity index (χ2v) is 8.39. The molecule has 2 fully saturated rings. The van der Waals surface area contributed by atoms with Crippen molar-refractivity contribution in [2.75, 3.05) is 39.4 Å². The van der Waals surface area contributed by atoms with Gasteiger partial charge in [0, 0.05) is 43.4 Å². The number of nitrogens with one attached hydrogen (secondary N) is 2. The van der Waals surface area contributed by atoms with Gasteiger partial charge in [0.25, 0.3) is 5.56 Å². The van der Waals surface area contributed by atoms with Crippen LogP contribution < -0.4 is 10.9 Å². The number of aryl methyl sites for hydroxylation is 1. The zero-order valence-electron chi connectivity index (χ0n) is 14.8. The van der Waals surface area contributed by atoms with Crippen LogP contribution in [0, 0.1) is 12.3 Å². The van der Waals surface area contributed by atoms with E-state index in [1.54, 1.807) is 6.92 Å². The molecule has 0 radical (unpaired) electrons. The van der Waals surface area contributed by atoms with Gasteiger partial charge in [0.2, 0.25) is 5.91 Å². The molecule has 1 saturated heterocycles. The highest BCUT2D eigenvalue weighted by Crippen LogP contribution is 2.45. The van der Waals surface area contributed by atoms with Crippen molar-refractivity contribution in [2.24, 2.45) is 5.41 Å². The van der Waals surface area contributed by atoms with Gasteiger partial charge in [-0.15, -0.1) is 0 Å². The van der Waals surface area contributed by atoms with Crippen molar-refractivity contribution in [2.45, 2.75) is 37.1 Å². The third-order valence-electron chi connectivity index (χ3n) is 4.76. The lowest BCUT2D eigenvalue weighted by Crippen LogP contribution is -2.44. The van der Waals surface area contributed by atoms with Crippen LogP contribution >= 0.6 is 11.8 Å². The van der Waals surface area contributed by atoms with Crippen molar-refractivity contribution in [1.29, 1.82) is 0 Å². The maximum atomic E-state index is 12.4. The molecule has 1 saturated carbocycles. The summed E-state index contributed by atoms with van der Waals surface area (Å²) in [7, 11) is 0. The van der Waals surface area contributed by atoms with Crippen LogP contribution in [0.3, 0.4) is 0 Å². The van der Waals surface area contributed by atoms with Crippen LogP contribution in [-0.2, 0) is 9.53 Å². The van der Waals surface area contributed by atoms with Gasteiger partial charge in [-0.1, -0.05) is 11.8 Å². The van der Waals surface area contributed by atoms with Crippen molar-refractivity contribution in [3.05, 3.63) is 22.1 Å². The first kappa shape index (κ1) is 18.4. The fourth-order valence-corrected chi connectivity index (χ4v) is 3.93. The second kappa shape index (κ2) is 7.88. The quantitative estimate of drug-likeness (QED) is 0.548. The van der Waals surface area contributed by atoms with Crippen molar-refractivity contribution in [3.63, 3.8) is 0 Å². The summed E-state index contributed by atoms with van der Waals surface area (Å²) in [4.78, 5) is 33.3. The number of aromatic amines is 1. The molecule has 0 unspecified atom stereocenters. The molecule has 2 heterocycles. The van der Waals surface area contributed by atoms with Gasteiger partial charge in [0.1, 0.15) is 0 Å². The minimum Gasteiger partial charge on any atom is -0.379 e. The SMILES string of the molecule is Cc1cc(=O)[nH]c(S[C@H](C)C(=O)NCC2(CN3CCOCC3)CC2)n1. The first-order valence-corrected chi connectivity index (χ1v) is 9.66. The number of H-pyrrole nitrogens is 1. The summed E-state index contributed by atoms with van der Waals surface area (Å²) in [5.74, 6) is -0.0117. The van der Waals surface area contributed by atoms with E-state index in [1.807, 2.05) is 6.92 Å². The maximum absolute atomic E-state index is 12.4. The zero-order valence-corrected chi connectivity index (χ0v) is 15.7. The predicted molar refractivity (Wildman–Crippen MR) is 96.8 cm³/mol. The summed E-state index contributed by atoms with van der Waals surface area (Å²) in [6, 6.07) is 1.44. The molecule has 0 aromatic carbocycles. The smallest absolute Gasteiger partial charge is 0.251 e. The molecule has 0 bridgehead atoms. The monoisotopic (exact) mass is 366 g/mol. The van der Waals surface area contributed by atoms with Crippen molar-refractivity contribution < 1.29 is 9.53 Å². The largest absolute Gasteiger partial charge is 0.379 e. The Hall–Kier alpha value is -1.38. The molecular weight excluding hydrogens is 340 g/mol. The van der Waals surface area contributed by atoms with E-state index in [-0.39, 0.29) is 22.1 Å². The van der Waals surface area contributed by atoms with E-state index in [4.69, 9.17) is 4.74 Å². The number of rotatable bonds is 7. The van der Waals surface area contributed by atoms with Crippen LogP contribution in [0.1, 0.15) is 25.5 Å². The van der Waals surface area contributed by atoms with E-state index in [0.717, 1.165) is 32.8 Å². The molecule has 1 amide bonds. The van der Waals surface area contributed by atoms with Crippen LogP contribution in [0.4, 0.5) is 0 Å². The maximum Gasteiger partial charge on any atom is 0.251 e. The highest BCUT2D eigenvalue weighted by molar-refractivity contribution is 8.00. The van der Waals surface area contributed by atoms with E-state index in [0.29, 0.717) is 17.4 Å². The van der Waals surface area contributed by atoms with Gasteiger partial charge in [-0.3, -0.25) is 14.5 Å². The van der Waals surface area contributed by atoms with Gasteiger partial charge in [-0.25, -0.2) is 4.98 Å². The Morgan fingerprint density at radius 3 is 2.84 bits per heavy atom. The lowest BCUT2D eigenvalue weighted by Gasteiger charge is -2.30. The van der Waals surface area contributed by atoms with E-state index >= 15 is 0 Å². The number of aromatic nitrogens is 2. The molecule has 7 nitrogen and oxygen atoms in total. The number of amides is 1. The van der Waals surface area contributed by atoms with E-state index in [9.17, 15) is 9.59 Å². The molecule has 0 spiro atoms. The fraction of sp³-hybridized carbons (Fsp3) is 0.706. The number of thioether (sulfide) groups is 1. The number of morpholine rings is 1. The first-order valence-electron chi connectivity index (χ1n) is 8.78. The zero-order chi connectivity index (χ0) is 17.9. The number of hydrogen-bond acceptors (Lipinski definition) is 6. The lowest BCUT2D eigenvalue weighted by atomic mass is 10.1. The molecule has 1 atom stereocenters. The number of hydrogen-bond donors (Lipinski definition) is 2. The summed E-state index contributed by atoms with van der Waals surface area (Å²) in [6.45, 7) is 8.92. The van der Waals surface area contributed by atoms with Crippen molar-refractivity contribution in [1.82, 2.24) is 20.2 Å². The average molecular weight is 366 g/mol. The number of nitrogens with zero attached hydrogens (tertiary/aromatic N) is 2. The van der Waals surface area contributed by atoms with Crippen molar-refractivity contribution >= 4 is 17.7 Å². The molecule has 1 aliphatic heterocycles. The van der Waals surface area contributed by atoms with Gasteiger partial charge in [-0.05, 0) is 26.7 Å². The Balaban J connectivity index is 1.47. The highest BCUT2D eigenvalue weighted by Gasteiger charge is 2.44. The molecule has 8 heteroatoms. The first-order chi connectivity index (χ1) is 12.0. The van der Waals surface area contributed by atoms with E-state index in [1.165, 1.54) is 30.7 Å².